The first-order chi connectivity index (χ1) is 7.09. The Morgan fingerprint density at radius 2 is 2.33 bits per heavy atom. The summed E-state index contributed by atoms with van der Waals surface area (Å²) in [7, 11) is 0. The van der Waals surface area contributed by atoms with Gasteiger partial charge in [-0.05, 0) is 32.6 Å². The van der Waals surface area contributed by atoms with Crippen molar-refractivity contribution < 1.29 is 4.79 Å². The van der Waals surface area contributed by atoms with Crippen molar-refractivity contribution in [3.8, 4) is 0 Å². The monoisotopic (exact) mass is 227 g/mol. The predicted molar refractivity (Wildman–Crippen MR) is 58.0 cm³/mol. The van der Waals surface area contributed by atoms with Gasteiger partial charge in [-0.25, -0.2) is 0 Å². The molecular formula is C10H14ClN3O. The Kier molecular flexibility index (Phi) is 2.69. The normalized spacial score (nSPS) is 17.5. The predicted octanol–water partition coefficient (Wildman–Crippen LogP) is 1.90. The van der Waals surface area contributed by atoms with E-state index in [0.717, 1.165) is 0 Å². The fraction of sp³-hybridized carbons (Fsp3) is 0.600. The Morgan fingerprint density at radius 1 is 1.67 bits per heavy atom. The molecule has 1 atom stereocenters. The lowest BCUT2D eigenvalue weighted by Crippen LogP contribution is -2.34. The van der Waals surface area contributed by atoms with Gasteiger partial charge in [-0.2, -0.15) is 5.10 Å². The molecule has 1 aliphatic carbocycles. The summed E-state index contributed by atoms with van der Waals surface area (Å²) in [6.45, 7) is 3.81. The number of carbonyl (C=O) groups excluding carboxylic acids is 1. The van der Waals surface area contributed by atoms with E-state index in [4.69, 9.17) is 11.6 Å². The molecule has 15 heavy (non-hydrogen) atoms. The summed E-state index contributed by atoms with van der Waals surface area (Å²) < 4.78 is 0. The summed E-state index contributed by atoms with van der Waals surface area (Å²) in [5.41, 5.74) is 1.17. The van der Waals surface area contributed by atoms with Crippen LogP contribution in [0, 0.1) is 12.8 Å². The highest BCUT2D eigenvalue weighted by Gasteiger charge is 2.30. The molecule has 0 aliphatic heterocycles. The zero-order chi connectivity index (χ0) is 11.0. The van der Waals surface area contributed by atoms with Gasteiger partial charge in [-0.15, -0.1) is 0 Å². The fourth-order valence-electron chi connectivity index (χ4n) is 1.66. The molecule has 1 amide bonds. The summed E-state index contributed by atoms with van der Waals surface area (Å²) >= 11 is 5.82. The lowest BCUT2D eigenvalue weighted by Gasteiger charge is -2.12. The molecule has 1 aromatic rings. The maximum atomic E-state index is 11.8. The number of aromatic nitrogens is 2. The highest BCUT2D eigenvalue weighted by molar-refractivity contribution is 6.32. The standard InChI is InChI=1S/C10H14ClN3O/c1-5(7-3-4-7)12-10(15)8-6(2)13-14-9(8)11/h5,7H,3-4H2,1-2H3,(H,12,15)(H,13,14). The van der Waals surface area contributed by atoms with Gasteiger partial charge < -0.3 is 5.32 Å². The highest BCUT2D eigenvalue weighted by Crippen LogP contribution is 2.32. The molecule has 1 aromatic heterocycles. The van der Waals surface area contributed by atoms with Crippen molar-refractivity contribution >= 4 is 17.5 Å². The molecule has 0 saturated heterocycles. The molecule has 1 aliphatic rings. The molecule has 2 rings (SSSR count). The summed E-state index contributed by atoms with van der Waals surface area (Å²) in [4.78, 5) is 11.8. The minimum absolute atomic E-state index is 0.134. The molecule has 2 N–H and O–H groups in total. The summed E-state index contributed by atoms with van der Waals surface area (Å²) in [6, 6.07) is 0.225. The average molecular weight is 228 g/mol. The molecule has 0 spiro atoms. The zero-order valence-corrected chi connectivity index (χ0v) is 9.56. The zero-order valence-electron chi connectivity index (χ0n) is 8.80. The fourth-order valence-corrected chi connectivity index (χ4v) is 1.93. The Hall–Kier alpha value is -1.03. The molecular weight excluding hydrogens is 214 g/mol. The smallest absolute Gasteiger partial charge is 0.256 e. The van der Waals surface area contributed by atoms with Gasteiger partial charge in [0.25, 0.3) is 5.91 Å². The van der Waals surface area contributed by atoms with Gasteiger partial charge in [0, 0.05) is 11.7 Å². The van der Waals surface area contributed by atoms with E-state index in [0.29, 0.717) is 17.2 Å². The molecule has 82 valence electrons. The van der Waals surface area contributed by atoms with Crippen LogP contribution in [-0.2, 0) is 0 Å². The van der Waals surface area contributed by atoms with Gasteiger partial charge in [0.15, 0.2) is 5.15 Å². The van der Waals surface area contributed by atoms with Crippen LogP contribution in [0.25, 0.3) is 0 Å². The van der Waals surface area contributed by atoms with E-state index in [9.17, 15) is 4.79 Å². The van der Waals surface area contributed by atoms with Crippen LogP contribution in [0.4, 0.5) is 0 Å². The van der Waals surface area contributed by atoms with Crippen molar-refractivity contribution in [3.63, 3.8) is 0 Å². The van der Waals surface area contributed by atoms with Crippen LogP contribution in [0.15, 0.2) is 0 Å². The van der Waals surface area contributed by atoms with Crippen LogP contribution in [-0.4, -0.2) is 22.1 Å². The van der Waals surface area contributed by atoms with Crippen molar-refractivity contribution in [2.75, 3.05) is 0 Å². The van der Waals surface area contributed by atoms with Gasteiger partial charge >= 0.3 is 0 Å². The lowest BCUT2D eigenvalue weighted by atomic mass is 10.2. The first-order valence-electron chi connectivity index (χ1n) is 5.11. The Balaban J connectivity index is 2.06. The molecule has 4 nitrogen and oxygen atoms in total. The number of nitrogens with one attached hydrogen (secondary N) is 2. The third kappa shape index (κ3) is 2.15. The third-order valence-corrected chi connectivity index (χ3v) is 3.09. The van der Waals surface area contributed by atoms with E-state index in [1.807, 2.05) is 6.92 Å². The number of carbonyl (C=O) groups is 1. The summed E-state index contributed by atoms with van der Waals surface area (Å²) in [6.07, 6.45) is 2.42. The molecule has 5 heteroatoms. The second-order valence-corrected chi connectivity index (χ2v) is 4.47. The number of halogens is 1. The van der Waals surface area contributed by atoms with Crippen molar-refractivity contribution in [1.82, 2.24) is 15.5 Å². The molecule has 1 unspecified atom stereocenters. The maximum Gasteiger partial charge on any atom is 0.256 e. The van der Waals surface area contributed by atoms with Crippen molar-refractivity contribution in [2.24, 2.45) is 5.92 Å². The maximum absolute atomic E-state index is 11.8. The Bertz CT molecular complexity index is 365. The minimum atomic E-state index is -0.134. The third-order valence-electron chi connectivity index (χ3n) is 2.82. The molecule has 1 heterocycles. The lowest BCUT2D eigenvalue weighted by molar-refractivity contribution is 0.0935. The van der Waals surface area contributed by atoms with Crippen LogP contribution in [0.3, 0.4) is 0 Å². The van der Waals surface area contributed by atoms with Gasteiger partial charge in [0.2, 0.25) is 0 Å². The van der Waals surface area contributed by atoms with Crippen LogP contribution in [0.1, 0.15) is 35.8 Å². The quantitative estimate of drug-likeness (QED) is 0.829. The first kappa shape index (κ1) is 10.5. The van der Waals surface area contributed by atoms with E-state index in [1.165, 1.54) is 12.8 Å². The molecule has 1 saturated carbocycles. The topological polar surface area (TPSA) is 57.8 Å². The molecule has 0 radical (unpaired) electrons. The largest absolute Gasteiger partial charge is 0.349 e. The second-order valence-electron chi connectivity index (χ2n) is 4.11. The number of hydrogen-bond donors (Lipinski definition) is 2. The van der Waals surface area contributed by atoms with E-state index >= 15 is 0 Å². The second kappa shape index (κ2) is 3.85. The number of amides is 1. The van der Waals surface area contributed by atoms with Gasteiger partial charge in [-0.1, -0.05) is 11.6 Å². The van der Waals surface area contributed by atoms with E-state index in [1.54, 1.807) is 6.92 Å². The first-order valence-corrected chi connectivity index (χ1v) is 5.48. The summed E-state index contributed by atoms with van der Waals surface area (Å²) in [5, 5.41) is 9.66. The van der Waals surface area contributed by atoms with Gasteiger partial charge in [0.1, 0.15) is 0 Å². The summed E-state index contributed by atoms with van der Waals surface area (Å²) in [5.74, 6) is 0.505. The van der Waals surface area contributed by atoms with Gasteiger partial charge in [-0.3, -0.25) is 9.89 Å². The van der Waals surface area contributed by atoms with Crippen LogP contribution in [0.2, 0.25) is 5.15 Å². The van der Waals surface area contributed by atoms with E-state index < -0.39 is 0 Å². The van der Waals surface area contributed by atoms with E-state index in [-0.39, 0.29) is 17.1 Å². The molecule has 0 aromatic carbocycles. The van der Waals surface area contributed by atoms with Crippen LogP contribution in [0.5, 0.6) is 0 Å². The number of aromatic amines is 1. The van der Waals surface area contributed by atoms with Crippen molar-refractivity contribution in [2.45, 2.75) is 32.7 Å². The Labute approximate surface area is 93.4 Å². The van der Waals surface area contributed by atoms with Gasteiger partial charge in [0.05, 0.1) is 5.56 Å². The Morgan fingerprint density at radius 3 is 2.80 bits per heavy atom. The van der Waals surface area contributed by atoms with E-state index in [2.05, 4.69) is 15.5 Å². The van der Waals surface area contributed by atoms with Crippen molar-refractivity contribution in [1.29, 1.82) is 0 Å². The number of nitrogens with zero attached hydrogens (tertiary/aromatic N) is 1. The average Bonchev–Trinajstić information content (AvgIpc) is 2.94. The van der Waals surface area contributed by atoms with Crippen molar-refractivity contribution in [3.05, 3.63) is 16.4 Å². The minimum Gasteiger partial charge on any atom is -0.349 e. The molecule has 1 fully saturated rings. The number of aryl methyl sites for hydroxylation is 1. The SMILES string of the molecule is Cc1[nH]nc(Cl)c1C(=O)NC(C)C1CC1. The number of hydrogen-bond acceptors (Lipinski definition) is 2. The molecule has 0 bridgehead atoms. The number of H-pyrrole nitrogens is 1. The van der Waals surface area contributed by atoms with Crippen LogP contribution >= 0.6 is 11.6 Å². The van der Waals surface area contributed by atoms with Crippen LogP contribution < -0.4 is 5.32 Å². The number of rotatable bonds is 3. The highest BCUT2D eigenvalue weighted by atomic mass is 35.5.